The minimum atomic E-state index is -0.356. The van der Waals surface area contributed by atoms with Gasteiger partial charge >= 0.3 is 0 Å². The molecular formula is C13H19N3O3S2. The maximum atomic E-state index is 10.4. The van der Waals surface area contributed by atoms with E-state index in [9.17, 15) is 10.1 Å². The molecule has 1 rings (SSSR count). The predicted octanol–water partition coefficient (Wildman–Crippen LogP) is 2.75. The van der Waals surface area contributed by atoms with Crippen molar-refractivity contribution in [2.75, 3.05) is 31.7 Å². The molecule has 0 fully saturated rings. The summed E-state index contributed by atoms with van der Waals surface area (Å²) >= 11 is 3.02. The zero-order chi connectivity index (χ0) is 15.5. The molecule has 1 aromatic heterocycles. The Morgan fingerprint density at radius 1 is 1.57 bits per heavy atom. The molecule has 0 atom stereocenters. The van der Waals surface area contributed by atoms with Crippen molar-refractivity contribution >= 4 is 28.6 Å². The number of aromatic nitrogens is 1. The lowest BCUT2D eigenvalue weighted by Gasteiger charge is -2.08. The first-order valence-corrected chi connectivity index (χ1v) is 8.88. The van der Waals surface area contributed by atoms with Crippen LogP contribution in [0.15, 0.2) is 23.3 Å². The molecule has 0 unspecified atom stereocenters. The Morgan fingerprint density at radius 3 is 3.05 bits per heavy atom. The van der Waals surface area contributed by atoms with Crippen molar-refractivity contribution in [3.8, 4) is 5.75 Å². The second-order valence-corrected chi connectivity index (χ2v) is 5.89. The SMILES string of the molecule is CCOc1cccnc1CSCCN=C(C[N+](=O)[O-])SC. The highest BCUT2D eigenvalue weighted by molar-refractivity contribution is 8.13. The molecule has 0 aliphatic carbocycles. The van der Waals surface area contributed by atoms with Crippen molar-refractivity contribution in [3.63, 3.8) is 0 Å². The third-order valence-corrected chi connectivity index (χ3v) is 4.09. The maximum absolute atomic E-state index is 10.4. The molecule has 0 aromatic carbocycles. The van der Waals surface area contributed by atoms with E-state index in [1.165, 1.54) is 11.8 Å². The predicted molar refractivity (Wildman–Crippen MR) is 89.2 cm³/mol. The van der Waals surface area contributed by atoms with Crippen molar-refractivity contribution in [2.24, 2.45) is 4.99 Å². The number of rotatable bonds is 9. The van der Waals surface area contributed by atoms with E-state index in [0.717, 1.165) is 22.9 Å². The van der Waals surface area contributed by atoms with Crippen LogP contribution in [0.25, 0.3) is 0 Å². The first-order valence-electron chi connectivity index (χ1n) is 6.51. The van der Waals surface area contributed by atoms with Crippen LogP contribution in [0.5, 0.6) is 5.75 Å². The zero-order valence-electron chi connectivity index (χ0n) is 12.2. The van der Waals surface area contributed by atoms with Crippen LogP contribution in [0.3, 0.4) is 0 Å². The largest absolute Gasteiger partial charge is 0.492 e. The molecule has 21 heavy (non-hydrogen) atoms. The Bertz CT molecular complexity index is 483. The van der Waals surface area contributed by atoms with Gasteiger partial charge in [-0.15, -0.1) is 11.8 Å². The van der Waals surface area contributed by atoms with Gasteiger partial charge in [0, 0.05) is 29.2 Å². The highest BCUT2D eigenvalue weighted by atomic mass is 32.2. The van der Waals surface area contributed by atoms with Gasteiger partial charge < -0.3 is 4.74 Å². The topological polar surface area (TPSA) is 77.6 Å². The molecule has 1 aromatic rings. The van der Waals surface area contributed by atoms with Gasteiger partial charge in [-0.25, -0.2) is 0 Å². The molecule has 1 heterocycles. The Hall–Kier alpha value is -1.28. The molecule has 0 spiro atoms. The smallest absolute Gasteiger partial charge is 0.250 e. The van der Waals surface area contributed by atoms with E-state index in [1.54, 1.807) is 24.2 Å². The lowest BCUT2D eigenvalue weighted by molar-refractivity contribution is -0.462. The second-order valence-electron chi connectivity index (χ2n) is 3.90. The quantitative estimate of drug-likeness (QED) is 0.228. The Morgan fingerprint density at radius 2 is 2.38 bits per heavy atom. The molecule has 0 amide bonds. The van der Waals surface area contributed by atoms with Crippen LogP contribution in [0.1, 0.15) is 12.6 Å². The van der Waals surface area contributed by atoms with Gasteiger partial charge in [-0.05, 0) is 25.3 Å². The van der Waals surface area contributed by atoms with Crippen LogP contribution >= 0.6 is 23.5 Å². The zero-order valence-corrected chi connectivity index (χ0v) is 13.8. The van der Waals surface area contributed by atoms with E-state index in [1.807, 2.05) is 19.1 Å². The van der Waals surface area contributed by atoms with E-state index in [4.69, 9.17) is 4.74 Å². The number of pyridine rings is 1. The van der Waals surface area contributed by atoms with E-state index in [2.05, 4.69) is 9.98 Å². The van der Waals surface area contributed by atoms with Crippen molar-refractivity contribution < 1.29 is 9.66 Å². The summed E-state index contributed by atoms with van der Waals surface area (Å²) < 4.78 is 5.51. The van der Waals surface area contributed by atoms with E-state index in [0.29, 0.717) is 18.2 Å². The van der Waals surface area contributed by atoms with Gasteiger partial charge in [0.15, 0.2) is 0 Å². The Kier molecular flexibility index (Phi) is 8.84. The van der Waals surface area contributed by atoms with Crippen LogP contribution in [0.4, 0.5) is 0 Å². The molecule has 0 radical (unpaired) electrons. The second kappa shape index (κ2) is 10.4. The molecule has 8 heteroatoms. The minimum absolute atomic E-state index is 0.194. The number of ether oxygens (including phenoxy) is 1. The van der Waals surface area contributed by atoms with Crippen LogP contribution in [-0.4, -0.2) is 46.7 Å². The molecule has 0 saturated heterocycles. The van der Waals surface area contributed by atoms with Gasteiger partial charge in [-0.3, -0.25) is 20.1 Å². The summed E-state index contributed by atoms with van der Waals surface area (Å²) in [7, 11) is 0. The summed E-state index contributed by atoms with van der Waals surface area (Å²) in [6.07, 6.45) is 3.55. The van der Waals surface area contributed by atoms with Crippen LogP contribution in [0.2, 0.25) is 0 Å². The number of nitrogens with zero attached hydrogens (tertiary/aromatic N) is 3. The fourth-order valence-electron chi connectivity index (χ4n) is 1.51. The van der Waals surface area contributed by atoms with Crippen molar-refractivity contribution in [3.05, 3.63) is 34.1 Å². The molecule has 0 aliphatic rings. The number of nitro groups is 1. The van der Waals surface area contributed by atoms with Crippen LogP contribution < -0.4 is 4.74 Å². The minimum Gasteiger partial charge on any atom is -0.492 e. The fraction of sp³-hybridized carbons (Fsp3) is 0.538. The van der Waals surface area contributed by atoms with Crippen LogP contribution in [-0.2, 0) is 5.75 Å². The summed E-state index contributed by atoms with van der Waals surface area (Å²) in [5, 5.41) is 11.0. The summed E-state index contributed by atoms with van der Waals surface area (Å²) in [6.45, 7) is 2.94. The normalized spacial score (nSPS) is 11.4. The number of hydrogen-bond donors (Lipinski definition) is 0. The summed E-state index contributed by atoms with van der Waals surface area (Å²) in [4.78, 5) is 18.6. The highest BCUT2D eigenvalue weighted by Crippen LogP contribution is 2.20. The van der Waals surface area contributed by atoms with Crippen LogP contribution in [0, 0.1) is 10.1 Å². The average Bonchev–Trinajstić information content (AvgIpc) is 2.47. The lowest BCUT2D eigenvalue weighted by atomic mass is 10.3. The third-order valence-electron chi connectivity index (χ3n) is 2.41. The van der Waals surface area contributed by atoms with Crippen molar-refractivity contribution in [1.82, 2.24) is 4.98 Å². The van der Waals surface area contributed by atoms with Gasteiger partial charge in [-0.2, -0.15) is 11.8 Å². The molecule has 0 N–H and O–H groups in total. The summed E-state index contributed by atoms with van der Waals surface area (Å²) in [5.74, 6) is 2.36. The maximum Gasteiger partial charge on any atom is 0.250 e. The van der Waals surface area contributed by atoms with Gasteiger partial charge in [0.05, 0.1) is 12.3 Å². The number of hydrogen-bond acceptors (Lipinski definition) is 7. The monoisotopic (exact) mass is 329 g/mol. The standard InChI is InChI=1S/C13H19N3O3S2/c1-3-19-12-5-4-6-14-11(12)10-21-8-7-15-13(20-2)9-16(17)18/h4-6H,3,7-10H2,1-2H3. The molecule has 6 nitrogen and oxygen atoms in total. The highest BCUT2D eigenvalue weighted by Gasteiger charge is 2.06. The Balaban J connectivity index is 2.37. The molecule has 0 saturated carbocycles. The van der Waals surface area contributed by atoms with Crippen molar-refractivity contribution in [2.45, 2.75) is 12.7 Å². The van der Waals surface area contributed by atoms with Gasteiger partial charge in [0.1, 0.15) is 10.8 Å². The third kappa shape index (κ3) is 7.33. The van der Waals surface area contributed by atoms with E-state index >= 15 is 0 Å². The van der Waals surface area contributed by atoms with E-state index < -0.39 is 0 Å². The number of aliphatic imine (C=N–C) groups is 1. The van der Waals surface area contributed by atoms with Gasteiger partial charge in [0.25, 0.3) is 6.54 Å². The Labute approximate surface area is 132 Å². The fourth-order valence-corrected chi connectivity index (χ4v) is 2.74. The summed E-state index contributed by atoms with van der Waals surface area (Å²) in [6, 6.07) is 3.76. The molecule has 0 bridgehead atoms. The van der Waals surface area contributed by atoms with Gasteiger partial charge in [-0.1, -0.05) is 0 Å². The lowest BCUT2D eigenvalue weighted by Crippen LogP contribution is -2.11. The first-order chi connectivity index (χ1) is 10.2. The molecule has 0 aliphatic heterocycles. The molecule has 116 valence electrons. The van der Waals surface area contributed by atoms with E-state index in [-0.39, 0.29) is 11.5 Å². The first kappa shape index (κ1) is 17.8. The van der Waals surface area contributed by atoms with Gasteiger partial charge in [0.2, 0.25) is 0 Å². The van der Waals surface area contributed by atoms with Crippen molar-refractivity contribution in [1.29, 1.82) is 0 Å². The average molecular weight is 329 g/mol. The number of thioether (sulfide) groups is 2. The summed E-state index contributed by atoms with van der Waals surface area (Å²) in [5.41, 5.74) is 0.920. The molecular weight excluding hydrogens is 310 g/mol.